The Morgan fingerprint density at radius 2 is 1.85 bits per heavy atom. The molecule has 1 saturated heterocycles. The van der Waals surface area contributed by atoms with Crippen LogP contribution in [0.2, 0.25) is 0 Å². The van der Waals surface area contributed by atoms with Crippen LogP contribution in [-0.2, 0) is 11.3 Å². The van der Waals surface area contributed by atoms with E-state index in [9.17, 15) is 4.79 Å². The van der Waals surface area contributed by atoms with Gasteiger partial charge >= 0.3 is 0 Å². The fourth-order valence-corrected chi connectivity index (χ4v) is 4.22. The standard InChI is InChI=1S/C21H31N3O2/c1-6-24(7-2)17-8-9-20-18(10-17)21(25)19(16(5)22-20)13-23-11-14(3)26-15(4)12-23/h8-10,14-15H,6-7,11-13H2,1-5H3,(H,22,25)/p+1/t14-,15-/m0/s1. The Morgan fingerprint density at radius 3 is 2.46 bits per heavy atom. The van der Waals surface area contributed by atoms with Crippen LogP contribution >= 0.6 is 0 Å². The third-order valence-electron chi connectivity index (χ3n) is 5.47. The largest absolute Gasteiger partial charge is 0.372 e. The number of ether oxygens (including phenoxy) is 1. The summed E-state index contributed by atoms with van der Waals surface area (Å²) in [6, 6.07) is 6.18. The minimum atomic E-state index is 0.171. The van der Waals surface area contributed by atoms with E-state index in [1.165, 1.54) is 4.90 Å². The molecule has 2 heterocycles. The van der Waals surface area contributed by atoms with Gasteiger partial charge in [-0.3, -0.25) is 4.79 Å². The molecule has 0 spiro atoms. The molecule has 0 amide bonds. The van der Waals surface area contributed by atoms with Gasteiger partial charge in [0.2, 0.25) is 0 Å². The molecule has 0 saturated carbocycles. The predicted molar refractivity (Wildman–Crippen MR) is 107 cm³/mol. The van der Waals surface area contributed by atoms with Crippen molar-refractivity contribution in [3.8, 4) is 0 Å². The molecule has 1 aromatic carbocycles. The van der Waals surface area contributed by atoms with E-state index in [-0.39, 0.29) is 17.6 Å². The number of hydrogen-bond donors (Lipinski definition) is 2. The molecule has 2 N–H and O–H groups in total. The van der Waals surface area contributed by atoms with Gasteiger partial charge in [0.1, 0.15) is 31.8 Å². The number of nitrogens with one attached hydrogen (secondary N) is 2. The molecule has 2 aromatic rings. The smallest absolute Gasteiger partial charge is 0.198 e. The van der Waals surface area contributed by atoms with Crippen LogP contribution in [0.15, 0.2) is 23.0 Å². The van der Waals surface area contributed by atoms with E-state index in [0.29, 0.717) is 0 Å². The van der Waals surface area contributed by atoms with E-state index < -0.39 is 0 Å². The average Bonchev–Trinajstić information content (AvgIpc) is 2.59. The first-order valence-electron chi connectivity index (χ1n) is 9.82. The van der Waals surface area contributed by atoms with Crippen molar-refractivity contribution in [1.82, 2.24) is 4.98 Å². The molecule has 2 atom stereocenters. The zero-order valence-corrected chi connectivity index (χ0v) is 16.7. The van der Waals surface area contributed by atoms with Crippen molar-refractivity contribution in [3.05, 3.63) is 39.7 Å². The molecule has 26 heavy (non-hydrogen) atoms. The Hall–Kier alpha value is -1.85. The van der Waals surface area contributed by atoms with E-state index in [1.807, 2.05) is 19.1 Å². The van der Waals surface area contributed by atoms with E-state index >= 15 is 0 Å². The average molecular weight is 359 g/mol. The molecule has 5 nitrogen and oxygen atoms in total. The predicted octanol–water partition coefficient (Wildman–Crippen LogP) is 1.87. The summed E-state index contributed by atoms with van der Waals surface area (Å²) in [5.41, 5.74) is 4.10. The lowest BCUT2D eigenvalue weighted by atomic mass is 10.1. The summed E-state index contributed by atoms with van der Waals surface area (Å²) < 4.78 is 5.84. The van der Waals surface area contributed by atoms with E-state index in [2.05, 4.69) is 43.6 Å². The number of morpholine rings is 1. The first-order valence-corrected chi connectivity index (χ1v) is 9.82. The number of benzene rings is 1. The van der Waals surface area contributed by atoms with E-state index in [4.69, 9.17) is 4.74 Å². The van der Waals surface area contributed by atoms with Gasteiger partial charge in [-0.2, -0.15) is 0 Å². The highest BCUT2D eigenvalue weighted by Gasteiger charge is 2.27. The molecule has 0 unspecified atom stereocenters. The minimum Gasteiger partial charge on any atom is -0.372 e. The summed E-state index contributed by atoms with van der Waals surface area (Å²) in [5, 5.41) is 0.795. The number of fused-ring (bicyclic) bond motifs is 1. The van der Waals surface area contributed by atoms with Gasteiger partial charge in [-0.25, -0.2) is 0 Å². The maximum Gasteiger partial charge on any atom is 0.198 e. The van der Waals surface area contributed by atoms with Crippen molar-refractivity contribution in [2.45, 2.75) is 53.4 Å². The van der Waals surface area contributed by atoms with Crippen molar-refractivity contribution in [1.29, 1.82) is 0 Å². The normalized spacial score (nSPS) is 23.3. The summed E-state index contributed by atoms with van der Waals surface area (Å²) in [5.74, 6) is 0. The van der Waals surface area contributed by atoms with E-state index in [1.54, 1.807) is 0 Å². The van der Waals surface area contributed by atoms with Gasteiger partial charge in [-0.05, 0) is 52.8 Å². The summed E-state index contributed by atoms with van der Waals surface area (Å²) in [6.45, 7) is 15.0. The molecular formula is C21H32N3O2+. The SMILES string of the molecule is CCN(CC)c1ccc2[nH]c(C)c(C[NH+]3C[C@H](C)O[C@@H](C)C3)c(=O)c2c1. The monoisotopic (exact) mass is 358 g/mol. The minimum absolute atomic E-state index is 0.171. The van der Waals surface area contributed by atoms with Crippen LogP contribution in [-0.4, -0.2) is 43.4 Å². The Balaban J connectivity index is 1.98. The summed E-state index contributed by atoms with van der Waals surface area (Å²) in [6.07, 6.45) is 0.478. The number of quaternary nitrogens is 1. The molecule has 1 aromatic heterocycles. The topological polar surface area (TPSA) is 49.8 Å². The summed E-state index contributed by atoms with van der Waals surface area (Å²) >= 11 is 0. The van der Waals surface area contributed by atoms with Crippen molar-refractivity contribution in [2.75, 3.05) is 31.1 Å². The van der Waals surface area contributed by atoms with Gasteiger partial charge in [0, 0.05) is 35.4 Å². The number of pyridine rings is 1. The van der Waals surface area contributed by atoms with Gasteiger partial charge in [-0.15, -0.1) is 0 Å². The van der Waals surface area contributed by atoms with Gasteiger partial charge in [0.25, 0.3) is 0 Å². The maximum absolute atomic E-state index is 13.3. The third kappa shape index (κ3) is 3.79. The number of anilines is 1. The molecule has 0 radical (unpaired) electrons. The summed E-state index contributed by atoms with van der Waals surface area (Å²) in [4.78, 5) is 20.4. The molecule has 1 fully saturated rings. The summed E-state index contributed by atoms with van der Waals surface area (Å²) in [7, 11) is 0. The number of hydrogen-bond acceptors (Lipinski definition) is 3. The van der Waals surface area contributed by atoms with Gasteiger partial charge in [-0.1, -0.05) is 0 Å². The molecule has 1 aliphatic heterocycles. The number of aromatic nitrogens is 1. The Bertz CT molecular complexity index is 816. The van der Waals surface area contributed by atoms with Crippen molar-refractivity contribution in [3.63, 3.8) is 0 Å². The lowest BCUT2D eigenvalue weighted by Crippen LogP contribution is -3.14. The number of nitrogens with zero attached hydrogens (tertiary/aromatic N) is 1. The Morgan fingerprint density at radius 1 is 1.19 bits per heavy atom. The number of aromatic amines is 1. The zero-order valence-electron chi connectivity index (χ0n) is 16.7. The maximum atomic E-state index is 13.3. The quantitative estimate of drug-likeness (QED) is 0.858. The fraction of sp³-hybridized carbons (Fsp3) is 0.571. The van der Waals surface area contributed by atoms with Crippen molar-refractivity contribution >= 4 is 16.6 Å². The second-order valence-electron chi connectivity index (χ2n) is 7.55. The third-order valence-corrected chi connectivity index (χ3v) is 5.47. The number of rotatable bonds is 5. The van der Waals surface area contributed by atoms with Crippen LogP contribution in [0.1, 0.15) is 39.0 Å². The van der Waals surface area contributed by atoms with Crippen LogP contribution in [0.5, 0.6) is 0 Å². The second-order valence-corrected chi connectivity index (χ2v) is 7.55. The van der Waals surface area contributed by atoms with Gasteiger partial charge < -0.3 is 19.5 Å². The van der Waals surface area contributed by atoms with Gasteiger partial charge in [0.05, 0.1) is 5.56 Å². The molecule has 1 aliphatic rings. The molecule has 142 valence electrons. The molecule has 0 aliphatic carbocycles. The highest BCUT2D eigenvalue weighted by molar-refractivity contribution is 5.83. The van der Waals surface area contributed by atoms with Crippen LogP contribution < -0.4 is 15.2 Å². The number of H-pyrrole nitrogens is 1. The lowest BCUT2D eigenvalue weighted by Gasteiger charge is -2.32. The van der Waals surface area contributed by atoms with Crippen LogP contribution in [0.4, 0.5) is 5.69 Å². The Kier molecular flexibility index (Phi) is 5.68. The van der Waals surface area contributed by atoms with Gasteiger partial charge in [0.15, 0.2) is 5.43 Å². The molecule has 0 bridgehead atoms. The number of aryl methyl sites for hydroxylation is 1. The molecular weight excluding hydrogens is 326 g/mol. The van der Waals surface area contributed by atoms with Crippen molar-refractivity contribution < 1.29 is 9.64 Å². The zero-order chi connectivity index (χ0) is 18.8. The van der Waals surface area contributed by atoms with Crippen LogP contribution in [0.25, 0.3) is 10.9 Å². The first kappa shape index (κ1) is 18.9. The molecule has 5 heteroatoms. The Labute approximate surface area is 156 Å². The van der Waals surface area contributed by atoms with Crippen molar-refractivity contribution in [2.24, 2.45) is 0 Å². The fourth-order valence-electron chi connectivity index (χ4n) is 4.22. The van der Waals surface area contributed by atoms with E-state index in [0.717, 1.165) is 60.6 Å². The molecule has 3 rings (SSSR count). The van der Waals surface area contributed by atoms with Crippen LogP contribution in [0.3, 0.4) is 0 Å². The van der Waals surface area contributed by atoms with Crippen LogP contribution in [0, 0.1) is 6.92 Å². The highest BCUT2D eigenvalue weighted by Crippen LogP contribution is 2.20. The highest BCUT2D eigenvalue weighted by atomic mass is 16.5. The lowest BCUT2D eigenvalue weighted by molar-refractivity contribution is -0.928. The first-order chi connectivity index (χ1) is 12.4. The second kappa shape index (κ2) is 7.80.